The molecule has 33 heavy (non-hydrogen) atoms. The second kappa shape index (κ2) is 14.7. The van der Waals surface area contributed by atoms with Crippen LogP contribution in [0.25, 0.3) is 0 Å². The summed E-state index contributed by atoms with van der Waals surface area (Å²) in [5.74, 6) is -3.33. The Morgan fingerprint density at radius 3 is 2.27 bits per heavy atom. The van der Waals surface area contributed by atoms with E-state index in [0.717, 1.165) is 5.56 Å². The third-order valence-electron chi connectivity index (χ3n) is 4.95. The fourth-order valence-electron chi connectivity index (χ4n) is 3.10. The zero-order chi connectivity index (χ0) is 24.8. The highest BCUT2D eigenvalue weighted by Gasteiger charge is 2.31. The molecule has 0 saturated carbocycles. The maximum atomic E-state index is 12.7. The molecule has 3 N–H and O–H groups in total. The van der Waals surface area contributed by atoms with Crippen LogP contribution >= 0.6 is 0 Å². The van der Waals surface area contributed by atoms with Crippen molar-refractivity contribution in [1.82, 2.24) is 20.9 Å². The highest BCUT2D eigenvalue weighted by atomic mass is 16.5. The van der Waals surface area contributed by atoms with Gasteiger partial charge in [0.15, 0.2) is 0 Å². The molecule has 0 aromatic heterocycles. The van der Waals surface area contributed by atoms with Crippen LogP contribution in [-0.2, 0) is 35.3 Å². The number of amides is 3. The van der Waals surface area contributed by atoms with Gasteiger partial charge in [0.05, 0.1) is 12.6 Å². The van der Waals surface area contributed by atoms with Gasteiger partial charge in [-0.15, -0.1) is 0 Å². The number of carbonyl (C=O) groups is 5. The van der Waals surface area contributed by atoms with Gasteiger partial charge < -0.3 is 25.6 Å². The Balaban J connectivity index is 2.64. The van der Waals surface area contributed by atoms with Crippen LogP contribution in [0.5, 0.6) is 0 Å². The molecule has 2 atom stereocenters. The summed E-state index contributed by atoms with van der Waals surface area (Å²) in [6, 6.07) is 7.19. The molecule has 0 aliphatic heterocycles. The quantitative estimate of drug-likeness (QED) is 0.265. The molecule has 0 aliphatic carbocycles. The zero-order valence-corrected chi connectivity index (χ0v) is 19.7. The number of benzene rings is 1. The highest BCUT2D eigenvalue weighted by Crippen LogP contribution is 2.06. The summed E-state index contributed by atoms with van der Waals surface area (Å²) < 4.78 is 5.07. The van der Waals surface area contributed by atoms with Gasteiger partial charge in [0.2, 0.25) is 17.6 Å². The van der Waals surface area contributed by atoms with E-state index >= 15 is 0 Å². The van der Waals surface area contributed by atoms with Crippen LogP contribution in [0, 0.1) is 0 Å². The smallest absolute Gasteiger partial charge is 0.325 e. The number of hydrogen-bond acceptors (Lipinski definition) is 7. The van der Waals surface area contributed by atoms with Gasteiger partial charge in [0.1, 0.15) is 19.2 Å². The van der Waals surface area contributed by atoms with Crippen molar-refractivity contribution in [3.8, 4) is 0 Å². The first-order valence-electron chi connectivity index (χ1n) is 11.0. The maximum Gasteiger partial charge on any atom is 0.325 e. The summed E-state index contributed by atoms with van der Waals surface area (Å²) in [4.78, 5) is 62.9. The zero-order valence-electron chi connectivity index (χ0n) is 19.7. The van der Waals surface area contributed by atoms with Gasteiger partial charge in [-0.25, -0.2) is 0 Å². The molecular weight excluding hydrogens is 428 g/mol. The summed E-state index contributed by atoms with van der Waals surface area (Å²) in [7, 11) is 3.14. The van der Waals surface area contributed by atoms with E-state index in [0.29, 0.717) is 12.8 Å². The molecule has 2 unspecified atom stereocenters. The number of carbonyl (C=O) groups excluding carboxylic acids is 5. The Labute approximate surface area is 194 Å². The number of hydrogen-bond donors (Lipinski definition) is 3. The summed E-state index contributed by atoms with van der Waals surface area (Å²) in [5.41, 5.74) is 0.794. The van der Waals surface area contributed by atoms with Crippen molar-refractivity contribution in [2.45, 2.75) is 51.8 Å². The van der Waals surface area contributed by atoms with Gasteiger partial charge in [-0.3, -0.25) is 24.0 Å². The SMILES string of the molecule is CCCC(NC(=O)C(CC)N(C)C(=O)CNC)C(=O)C(=O)NCC(=O)OCc1ccccc1. The number of Topliss-reactive ketones (excluding diaryl/α,β-unsaturated/α-hetero) is 1. The minimum absolute atomic E-state index is 0.0518. The molecule has 3 amide bonds. The number of nitrogens with one attached hydrogen (secondary N) is 3. The Morgan fingerprint density at radius 2 is 1.70 bits per heavy atom. The van der Waals surface area contributed by atoms with Gasteiger partial charge in [-0.1, -0.05) is 50.6 Å². The van der Waals surface area contributed by atoms with E-state index in [4.69, 9.17) is 4.74 Å². The van der Waals surface area contributed by atoms with Crippen LogP contribution in [0.4, 0.5) is 0 Å². The van der Waals surface area contributed by atoms with E-state index in [1.54, 1.807) is 26.1 Å². The summed E-state index contributed by atoms with van der Waals surface area (Å²) in [5, 5.41) is 7.56. The van der Waals surface area contributed by atoms with E-state index in [9.17, 15) is 24.0 Å². The first-order valence-corrected chi connectivity index (χ1v) is 11.0. The van der Waals surface area contributed by atoms with Crippen molar-refractivity contribution in [3.63, 3.8) is 0 Å². The van der Waals surface area contributed by atoms with Crippen molar-refractivity contribution in [1.29, 1.82) is 0 Å². The average Bonchev–Trinajstić information content (AvgIpc) is 2.81. The lowest BCUT2D eigenvalue weighted by molar-refractivity contribution is -0.147. The van der Waals surface area contributed by atoms with Crippen LogP contribution in [0.15, 0.2) is 30.3 Å². The molecule has 0 heterocycles. The molecular formula is C23H34N4O6. The molecule has 1 aromatic rings. The average molecular weight is 463 g/mol. The van der Waals surface area contributed by atoms with Crippen LogP contribution in [0.2, 0.25) is 0 Å². The molecule has 0 aliphatic rings. The Hall–Kier alpha value is -3.27. The summed E-state index contributed by atoms with van der Waals surface area (Å²) in [6.07, 6.45) is 1.11. The van der Waals surface area contributed by atoms with Crippen molar-refractivity contribution in [3.05, 3.63) is 35.9 Å². The Morgan fingerprint density at radius 1 is 1.03 bits per heavy atom. The molecule has 10 nitrogen and oxygen atoms in total. The fourth-order valence-corrected chi connectivity index (χ4v) is 3.10. The maximum absolute atomic E-state index is 12.7. The molecule has 0 bridgehead atoms. The predicted molar refractivity (Wildman–Crippen MR) is 122 cm³/mol. The molecule has 0 fully saturated rings. The van der Waals surface area contributed by atoms with Crippen molar-refractivity contribution >= 4 is 29.5 Å². The summed E-state index contributed by atoms with van der Waals surface area (Å²) in [6.45, 7) is 3.21. The minimum atomic E-state index is -1.07. The van der Waals surface area contributed by atoms with E-state index in [2.05, 4.69) is 16.0 Å². The first kappa shape index (κ1) is 27.8. The highest BCUT2D eigenvalue weighted by molar-refractivity contribution is 6.38. The molecule has 1 aromatic carbocycles. The van der Waals surface area contributed by atoms with E-state index in [1.807, 2.05) is 25.1 Å². The van der Waals surface area contributed by atoms with Crippen LogP contribution in [-0.4, -0.2) is 73.6 Å². The van der Waals surface area contributed by atoms with Crippen molar-refractivity contribution < 1.29 is 28.7 Å². The van der Waals surface area contributed by atoms with E-state index in [-0.39, 0.29) is 25.5 Å². The number of likely N-dealkylation sites (N-methyl/N-ethyl adjacent to an activating group) is 2. The van der Waals surface area contributed by atoms with E-state index < -0.39 is 42.2 Å². The van der Waals surface area contributed by atoms with Gasteiger partial charge in [-0.2, -0.15) is 0 Å². The first-order chi connectivity index (χ1) is 15.7. The third-order valence-corrected chi connectivity index (χ3v) is 4.95. The lowest BCUT2D eigenvalue weighted by Gasteiger charge is -2.28. The Kier molecular flexibility index (Phi) is 12.4. The van der Waals surface area contributed by atoms with Crippen LogP contribution < -0.4 is 16.0 Å². The number of rotatable bonds is 14. The van der Waals surface area contributed by atoms with Crippen LogP contribution in [0.3, 0.4) is 0 Å². The lowest BCUT2D eigenvalue weighted by atomic mass is 10.0. The van der Waals surface area contributed by atoms with Gasteiger partial charge in [-0.05, 0) is 25.5 Å². The van der Waals surface area contributed by atoms with E-state index in [1.165, 1.54) is 11.9 Å². The number of ketones is 1. The van der Waals surface area contributed by atoms with Crippen molar-refractivity contribution in [2.24, 2.45) is 0 Å². The molecule has 182 valence electrons. The molecule has 0 radical (unpaired) electrons. The fraction of sp³-hybridized carbons (Fsp3) is 0.522. The number of esters is 1. The monoisotopic (exact) mass is 462 g/mol. The third kappa shape index (κ3) is 9.40. The number of ether oxygens (including phenoxy) is 1. The second-order valence-corrected chi connectivity index (χ2v) is 7.50. The van der Waals surface area contributed by atoms with Crippen molar-refractivity contribution in [2.75, 3.05) is 27.2 Å². The Bertz CT molecular complexity index is 814. The standard InChI is InChI=1S/C23H34N4O6/c1-5-10-17(26-22(31)18(6-2)27(4)19(28)13-24-3)21(30)23(32)25-14-20(29)33-15-16-11-8-7-9-12-16/h7-9,11-12,17-18,24H,5-6,10,13-15H2,1-4H3,(H,25,32)(H,26,31). The molecule has 0 saturated heterocycles. The molecule has 1 rings (SSSR count). The second-order valence-electron chi connectivity index (χ2n) is 7.50. The topological polar surface area (TPSA) is 134 Å². The predicted octanol–water partition coefficient (Wildman–Crippen LogP) is 0.156. The largest absolute Gasteiger partial charge is 0.460 e. The normalized spacial score (nSPS) is 12.2. The minimum Gasteiger partial charge on any atom is -0.460 e. The van der Waals surface area contributed by atoms with Crippen LogP contribution in [0.1, 0.15) is 38.7 Å². The number of nitrogens with zero attached hydrogens (tertiary/aromatic N) is 1. The van der Waals surface area contributed by atoms with Gasteiger partial charge >= 0.3 is 5.97 Å². The van der Waals surface area contributed by atoms with Gasteiger partial charge in [0.25, 0.3) is 5.91 Å². The summed E-state index contributed by atoms with van der Waals surface area (Å²) >= 11 is 0. The van der Waals surface area contributed by atoms with Gasteiger partial charge in [0, 0.05) is 7.05 Å². The molecule has 10 heteroatoms. The lowest BCUT2D eigenvalue weighted by Crippen LogP contribution is -2.55. The molecule has 0 spiro atoms.